The van der Waals surface area contributed by atoms with Crippen molar-refractivity contribution in [3.05, 3.63) is 71.6 Å². The monoisotopic (exact) mass is 418 g/mol. The van der Waals surface area contributed by atoms with Gasteiger partial charge in [-0.3, -0.25) is 8.63 Å². The smallest absolute Gasteiger partial charge is 0.369 e. The van der Waals surface area contributed by atoms with Crippen LogP contribution in [0.2, 0.25) is 0 Å². The number of fused-ring (bicyclic) bond motifs is 1. The van der Waals surface area contributed by atoms with E-state index in [1.54, 1.807) is 30.3 Å². The van der Waals surface area contributed by atoms with Crippen molar-refractivity contribution in [1.29, 1.82) is 5.26 Å². The summed E-state index contributed by atoms with van der Waals surface area (Å²) >= 11 is 0. The molecular formula is C22H21BF2N6. The lowest BCUT2D eigenvalue weighted by atomic mass is 9.98. The molecule has 1 saturated heterocycles. The van der Waals surface area contributed by atoms with Crippen LogP contribution in [-0.4, -0.2) is 45.5 Å². The number of nitriles is 1. The summed E-state index contributed by atoms with van der Waals surface area (Å²) in [5, 5.41) is 17.7. The molecule has 2 aliphatic rings. The lowest BCUT2D eigenvalue weighted by Gasteiger charge is -2.34. The topological polar surface area (TPSA) is 58.2 Å². The molecule has 0 atom stereocenters. The summed E-state index contributed by atoms with van der Waals surface area (Å²) in [5.74, 6) is 0. The zero-order valence-corrected chi connectivity index (χ0v) is 17.1. The Balaban J connectivity index is 1.57. The number of anilines is 2. The number of benzene rings is 2. The maximum Gasteiger partial charge on any atom is 0.678 e. The first-order chi connectivity index (χ1) is 15.1. The minimum Gasteiger partial charge on any atom is -0.369 e. The number of para-hydroxylation sites is 1. The van der Waals surface area contributed by atoms with Crippen LogP contribution in [0, 0.1) is 11.3 Å². The summed E-state index contributed by atoms with van der Waals surface area (Å²) < 4.78 is 27.6. The van der Waals surface area contributed by atoms with Crippen LogP contribution < -0.4 is 9.71 Å². The van der Waals surface area contributed by atoms with Crippen LogP contribution in [-0.2, 0) is 0 Å². The fourth-order valence-electron chi connectivity index (χ4n) is 3.66. The van der Waals surface area contributed by atoms with Gasteiger partial charge in [-0.1, -0.05) is 24.3 Å². The number of hydrogen-bond donors (Lipinski definition) is 0. The molecule has 0 unspecified atom stereocenters. The zero-order valence-electron chi connectivity index (χ0n) is 17.1. The van der Waals surface area contributed by atoms with E-state index in [0.29, 0.717) is 16.9 Å². The van der Waals surface area contributed by atoms with Gasteiger partial charge in [-0.2, -0.15) is 5.26 Å². The van der Waals surface area contributed by atoms with E-state index in [-0.39, 0.29) is 11.4 Å². The Labute approximate surface area is 180 Å². The predicted molar refractivity (Wildman–Crippen MR) is 119 cm³/mol. The Bertz CT molecular complexity index is 1070. The second kappa shape index (κ2) is 9.10. The van der Waals surface area contributed by atoms with Gasteiger partial charge in [-0.15, -0.1) is 10.2 Å². The van der Waals surface area contributed by atoms with Gasteiger partial charge in [-0.25, -0.2) is 0 Å². The first-order valence-electron chi connectivity index (χ1n) is 10.0. The molecule has 0 N–H and O–H groups in total. The van der Waals surface area contributed by atoms with Crippen molar-refractivity contribution in [3.8, 4) is 6.07 Å². The van der Waals surface area contributed by atoms with Crippen LogP contribution in [0.4, 0.5) is 25.7 Å². The maximum absolute atomic E-state index is 13.8. The van der Waals surface area contributed by atoms with E-state index in [9.17, 15) is 13.9 Å². The Hall–Kier alpha value is -3.51. The molecular weight excluding hydrogens is 397 g/mol. The number of rotatable bonds is 4. The standard InChI is InChI=1S/C22H21BF2N6/c1-29-12-14-30(15-13-29)19-9-7-18(8-10-19)27-28-20(16-26)22-11-6-17-4-2-3-5-21(17)31(22)23(24)25/h2-11H,12-15H2,1H3/b22-20-,28-27+. The number of halogens is 2. The van der Waals surface area contributed by atoms with Crippen LogP contribution in [0.5, 0.6) is 0 Å². The molecule has 156 valence electrons. The largest absolute Gasteiger partial charge is 0.678 e. The van der Waals surface area contributed by atoms with Crippen LogP contribution >= 0.6 is 0 Å². The van der Waals surface area contributed by atoms with Gasteiger partial charge in [-0.05, 0) is 49.0 Å². The van der Waals surface area contributed by atoms with E-state index in [0.717, 1.165) is 36.7 Å². The molecule has 0 amide bonds. The van der Waals surface area contributed by atoms with Crippen LogP contribution in [0.25, 0.3) is 6.08 Å². The van der Waals surface area contributed by atoms with Crippen LogP contribution in [0.1, 0.15) is 5.56 Å². The van der Waals surface area contributed by atoms with Gasteiger partial charge >= 0.3 is 7.40 Å². The Morgan fingerprint density at radius 3 is 2.39 bits per heavy atom. The van der Waals surface area contributed by atoms with E-state index >= 15 is 0 Å². The SMILES string of the molecule is CN1CCN(c2ccc(/N=N/C(C#N)=C3/C=Cc4ccccc4N3B(F)F)cc2)CC1. The molecule has 9 heteroatoms. The molecule has 4 rings (SSSR count). The van der Waals surface area contributed by atoms with Crippen molar-refractivity contribution in [2.75, 3.05) is 42.9 Å². The van der Waals surface area contributed by atoms with Crippen molar-refractivity contribution in [2.45, 2.75) is 0 Å². The molecule has 31 heavy (non-hydrogen) atoms. The average molecular weight is 418 g/mol. The molecule has 2 aliphatic heterocycles. The number of azo groups is 1. The summed E-state index contributed by atoms with van der Waals surface area (Å²) in [5.41, 5.74) is 2.48. The fraction of sp³-hybridized carbons (Fsp3) is 0.227. The Kier molecular flexibility index (Phi) is 6.09. The third-order valence-electron chi connectivity index (χ3n) is 5.40. The number of nitrogens with zero attached hydrogens (tertiary/aromatic N) is 6. The molecule has 0 radical (unpaired) electrons. The molecule has 2 heterocycles. The number of piperazine rings is 1. The third kappa shape index (κ3) is 4.49. The first-order valence-corrected chi connectivity index (χ1v) is 10.0. The molecule has 2 aromatic rings. The second-order valence-corrected chi connectivity index (χ2v) is 7.39. The van der Waals surface area contributed by atoms with Gasteiger partial charge in [0.1, 0.15) is 6.07 Å². The summed E-state index contributed by atoms with van der Waals surface area (Å²) in [4.78, 5) is 5.40. The van der Waals surface area contributed by atoms with Gasteiger partial charge in [0.25, 0.3) is 0 Å². The highest BCUT2D eigenvalue weighted by Gasteiger charge is 2.33. The highest BCUT2D eigenvalue weighted by atomic mass is 19.2. The summed E-state index contributed by atoms with van der Waals surface area (Å²) in [6, 6.07) is 16.2. The van der Waals surface area contributed by atoms with Crippen molar-refractivity contribution in [2.24, 2.45) is 10.2 Å². The molecule has 0 aliphatic carbocycles. The highest BCUT2D eigenvalue weighted by Crippen LogP contribution is 2.34. The van der Waals surface area contributed by atoms with Crippen LogP contribution in [0.3, 0.4) is 0 Å². The predicted octanol–water partition coefficient (Wildman–Crippen LogP) is 4.71. The lowest BCUT2D eigenvalue weighted by molar-refractivity contribution is 0.313. The molecule has 6 nitrogen and oxygen atoms in total. The van der Waals surface area contributed by atoms with E-state index in [1.807, 2.05) is 30.3 Å². The number of allylic oxidation sites excluding steroid dienone is 2. The summed E-state index contributed by atoms with van der Waals surface area (Å²) in [7, 11) is -0.709. The van der Waals surface area contributed by atoms with Crippen LogP contribution in [0.15, 0.2) is 76.2 Å². The third-order valence-corrected chi connectivity index (χ3v) is 5.40. The Morgan fingerprint density at radius 1 is 1.00 bits per heavy atom. The minimum absolute atomic E-state index is 0.0222. The molecule has 2 aromatic carbocycles. The van der Waals surface area contributed by atoms with Crippen molar-refractivity contribution in [1.82, 2.24) is 4.90 Å². The maximum atomic E-state index is 13.8. The van der Waals surface area contributed by atoms with Gasteiger partial charge in [0.15, 0.2) is 5.70 Å². The summed E-state index contributed by atoms with van der Waals surface area (Å²) in [6.07, 6.45) is 3.17. The van der Waals surface area contributed by atoms with E-state index in [4.69, 9.17) is 0 Å². The normalized spacial score (nSPS) is 18.1. The summed E-state index contributed by atoms with van der Waals surface area (Å²) in [6.45, 7) is 3.94. The first kappa shape index (κ1) is 20.8. The van der Waals surface area contributed by atoms with Gasteiger partial charge in [0.2, 0.25) is 0 Å². The van der Waals surface area contributed by atoms with E-state index in [1.165, 1.54) is 6.08 Å². The number of hydrogen-bond acceptors (Lipinski definition) is 6. The molecule has 0 aromatic heterocycles. The van der Waals surface area contributed by atoms with Crippen molar-refractivity contribution >= 4 is 30.5 Å². The second-order valence-electron chi connectivity index (χ2n) is 7.39. The number of likely N-dealkylation sites (N-methyl/N-ethyl adjacent to an activating group) is 1. The molecule has 0 saturated carbocycles. The van der Waals surface area contributed by atoms with Gasteiger partial charge < -0.3 is 14.6 Å². The highest BCUT2D eigenvalue weighted by molar-refractivity contribution is 6.50. The fourth-order valence-corrected chi connectivity index (χ4v) is 3.66. The van der Waals surface area contributed by atoms with E-state index < -0.39 is 7.40 Å². The molecule has 1 fully saturated rings. The van der Waals surface area contributed by atoms with E-state index in [2.05, 4.69) is 27.1 Å². The van der Waals surface area contributed by atoms with Gasteiger partial charge in [0, 0.05) is 37.6 Å². The molecule has 0 spiro atoms. The molecule has 0 bridgehead atoms. The minimum atomic E-state index is -2.82. The Morgan fingerprint density at radius 2 is 1.71 bits per heavy atom. The van der Waals surface area contributed by atoms with Crippen molar-refractivity contribution < 1.29 is 8.63 Å². The average Bonchev–Trinajstić information content (AvgIpc) is 2.80. The zero-order chi connectivity index (χ0) is 21.8. The van der Waals surface area contributed by atoms with Crippen molar-refractivity contribution in [3.63, 3.8) is 0 Å². The lowest BCUT2D eigenvalue weighted by Crippen LogP contribution is -2.44. The quantitative estimate of drug-likeness (QED) is 0.410. The van der Waals surface area contributed by atoms with Gasteiger partial charge in [0.05, 0.1) is 11.4 Å².